The number of hydrogen-bond donors (Lipinski definition) is 2. The number of nitrogens with zero attached hydrogens (tertiary/aromatic N) is 1. The summed E-state index contributed by atoms with van der Waals surface area (Å²) in [6.07, 6.45) is 1.88. The van der Waals surface area contributed by atoms with Crippen molar-refractivity contribution in [2.45, 2.75) is 19.3 Å². The maximum Gasteiger partial charge on any atom is 0.101 e. The summed E-state index contributed by atoms with van der Waals surface area (Å²) in [6.45, 7) is 4.10. The maximum atomic E-state index is 9.25. The van der Waals surface area contributed by atoms with Crippen LogP contribution in [0.1, 0.15) is 18.9 Å². The maximum absolute atomic E-state index is 9.25. The van der Waals surface area contributed by atoms with Gasteiger partial charge in [-0.2, -0.15) is 0 Å². The van der Waals surface area contributed by atoms with Gasteiger partial charge in [0.2, 0.25) is 0 Å². The first-order chi connectivity index (χ1) is 7.13. The third kappa shape index (κ3) is 1.96. The number of aliphatic hydroxyl groups is 1. The molecule has 0 aliphatic rings. The molecule has 2 rings (SSSR count). The Bertz CT molecular complexity index is 431. The molecule has 0 unspecified atom stereocenters. The third-order valence-electron chi connectivity index (χ3n) is 2.35. The molecule has 80 valence electrons. The van der Waals surface area contributed by atoms with E-state index in [4.69, 9.17) is 0 Å². The summed E-state index contributed by atoms with van der Waals surface area (Å²) < 4.78 is 0. The first kappa shape index (κ1) is 10.4. The second-order valence-electron chi connectivity index (χ2n) is 4.16. The van der Waals surface area contributed by atoms with Gasteiger partial charge in [-0.1, -0.05) is 13.8 Å². The van der Waals surface area contributed by atoms with Gasteiger partial charge in [0.15, 0.2) is 0 Å². The fraction of sp³-hybridized carbons (Fsp3) is 0.364. The van der Waals surface area contributed by atoms with Crippen LogP contribution in [0.2, 0.25) is 0 Å². The quantitative estimate of drug-likeness (QED) is 0.837. The Morgan fingerprint density at radius 1 is 1.53 bits per heavy atom. The van der Waals surface area contributed by atoms with Crippen LogP contribution in [0.25, 0.3) is 11.4 Å². The molecule has 2 aromatic heterocycles. The van der Waals surface area contributed by atoms with Crippen LogP contribution in [0.5, 0.6) is 0 Å². The number of H-pyrrole nitrogens is 1. The molecule has 15 heavy (non-hydrogen) atoms. The second kappa shape index (κ2) is 3.79. The lowest BCUT2D eigenvalue weighted by Gasteiger charge is -2.17. The topological polar surface area (TPSA) is 48.9 Å². The van der Waals surface area contributed by atoms with Gasteiger partial charge in [-0.15, -0.1) is 11.3 Å². The third-order valence-corrected chi connectivity index (χ3v) is 3.56. The summed E-state index contributed by atoms with van der Waals surface area (Å²) in [4.78, 5) is 7.64. The van der Waals surface area contributed by atoms with E-state index in [1.807, 2.05) is 37.6 Å². The molecule has 0 amide bonds. The molecule has 3 nitrogen and oxygen atoms in total. The van der Waals surface area contributed by atoms with Gasteiger partial charge in [0.1, 0.15) is 5.01 Å². The van der Waals surface area contributed by atoms with Crippen molar-refractivity contribution in [3.63, 3.8) is 0 Å². The van der Waals surface area contributed by atoms with Crippen molar-refractivity contribution in [3.8, 4) is 11.4 Å². The number of thiazole rings is 1. The number of nitrogens with one attached hydrogen (secondary N) is 1. The molecule has 0 spiro atoms. The standard InChI is InChI=1S/C11H14N2OS/c1-11(2,7-14)10-13-9(6-15-10)8-4-3-5-12-8/h3-6,12,14H,7H2,1-2H3. The van der Waals surface area contributed by atoms with Crippen LogP contribution < -0.4 is 0 Å². The number of hydrogen-bond acceptors (Lipinski definition) is 3. The van der Waals surface area contributed by atoms with Gasteiger partial charge in [-0.3, -0.25) is 0 Å². The van der Waals surface area contributed by atoms with E-state index in [0.717, 1.165) is 16.4 Å². The van der Waals surface area contributed by atoms with Gasteiger partial charge in [0, 0.05) is 17.0 Å². The summed E-state index contributed by atoms with van der Waals surface area (Å²) in [6, 6.07) is 3.94. The second-order valence-corrected chi connectivity index (χ2v) is 5.02. The minimum absolute atomic E-state index is 0.116. The Morgan fingerprint density at radius 3 is 2.93 bits per heavy atom. The predicted molar refractivity (Wildman–Crippen MR) is 62.0 cm³/mol. The molecule has 0 fully saturated rings. The fourth-order valence-electron chi connectivity index (χ4n) is 1.27. The van der Waals surface area contributed by atoms with Gasteiger partial charge in [0.05, 0.1) is 18.0 Å². The van der Waals surface area contributed by atoms with Crippen molar-refractivity contribution in [1.82, 2.24) is 9.97 Å². The van der Waals surface area contributed by atoms with Crippen LogP contribution >= 0.6 is 11.3 Å². The van der Waals surface area contributed by atoms with Gasteiger partial charge >= 0.3 is 0 Å². The van der Waals surface area contributed by atoms with Crippen LogP contribution in [0.4, 0.5) is 0 Å². The largest absolute Gasteiger partial charge is 0.395 e. The average Bonchev–Trinajstić information content (AvgIpc) is 2.88. The average molecular weight is 222 g/mol. The monoisotopic (exact) mass is 222 g/mol. The van der Waals surface area contributed by atoms with E-state index < -0.39 is 0 Å². The SMILES string of the molecule is CC(C)(CO)c1nc(-c2ccc[nH]2)cs1. The van der Waals surface area contributed by atoms with E-state index in [1.165, 1.54) is 0 Å². The normalized spacial score (nSPS) is 11.9. The van der Waals surface area contributed by atoms with E-state index in [9.17, 15) is 5.11 Å². The van der Waals surface area contributed by atoms with Crippen LogP contribution in [-0.4, -0.2) is 21.7 Å². The Kier molecular flexibility index (Phi) is 2.63. The molecule has 0 atom stereocenters. The molecule has 2 N–H and O–H groups in total. The van der Waals surface area contributed by atoms with E-state index in [-0.39, 0.29) is 12.0 Å². The van der Waals surface area contributed by atoms with E-state index in [1.54, 1.807) is 11.3 Å². The van der Waals surface area contributed by atoms with Crippen LogP contribution in [0.3, 0.4) is 0 Å². The molecular formula is C11H14N2OS. The van der Waals surface area contributed by atoms with E-state index in [0.29, 0.717) is 0 Å². The lowest BCUT2D eigenvalue weighted by Crippen LogP contribution is -2.21. The Balaban J connectivity index is 2.33. The van der Waals surface area contributed by atoms with Crippen LogP contribution in [0.15, 0.2) is 23.7 Å². The Labute approximate surface area is 92.8 Å². The van der Waals surface area contributed by atoms with Crippen molar-refractivity contribution >= 4 is 11.3 Å². The molecule has 0 bridgehead atoms. The van der Waals surface area contributed by atoms with Gasteiger partial charge in [-0.05, 0) is 12.1 Å². The smallest absolute Gasteiger partial charge is 0.101 e. The molecule has 2 aromatic rings. The van der Waals surface area contributed by atoms with Gasteiger partial charge in [-0.25, -0.2) is 4.98 Å². The molecule has 0 aliphatic carbocycles. The lowest BCUT2D eigenvalue weighted by atomic mass is 9.96. The van der Waals surface area contributed by atoms with Crippen molar-refractivity contribution in [2.24, 2.45) is 0 Å². The van der Waals surface area contributed by atoms with E-state index in [2.05, 4.69) is 9.97 Å². The molecule has 2 heterocycles. The summed E-state index contributed by atoms with van der Waals surface area (Å²) in [5, 5.41) is 12.2. The minimum Gasteiger partial charge on any atom is -0.395 e. The highest BCUT2D eigenvalue weighted by molar-refractivity contribution is 7.10. The number of rotatable bonds is 3. The minimum atomic E-state index is -0.254. The van der Waals surface area contributed by atoms with Crippen LogP contribution in [0, 0.1) is 0 Å². The molecular weight excluding hydrogens is 208 g/mol. The van der Waals surface area contributed by atoms with Gasteiger partial charge < -0.3 is 10.1 Å². The first-order valence-corrected chi connectivity index (χ1v) is 5.72. The Hall–Kier alpha value is -1.13. The summed E-state index contributed by atoms with van der Waals surface area (Å²) in [5.74, 6) is 0. The van der Waals surface area contributed by atoms with Crippen molar-refractivity contribution in [1.29, 1.82) is 0 Å². The van der Waals surface area contributed by atoms with Crippen molar-refractivity contribution in [3.05, 3.63) is 28.7 Å². The summed E-state index contributed by atoms with van der Waals surface area (Å²) in [5.41, 5.74) is 1.71. The number of aromatic amines is 1. The highest BCUT2D eigenvalue weighted by Crippen LogP contribution is 2.29. The highest BCUT2D eigenvalue weighted by Gasteiger charge is 2.23. The molecule has 0 saturated heterocycles. The molecule has 0 saturated carbocycles. The van der Waals surface area contributed by atoms with Crippen molar-refractivity contribution < 1.29 is 5.11 Å². The van der Waals surface area contributed by atoms with E-state index >= 15 is 0 Å². The first-order valence-electron chi connectivity index (χ1n) is 4.84. The summed E-state index contributed by atoms with van der Waals surface area (Å²) in [7, 11) is 0. The molecule has 4 heteroatoms. The molecule has 0 aliphatic heterocycles. The lowest BCUT2D eigenvalue weighted by molar-refractivity contribution is 0.218. The zero-order chi connectivity index (χ0) is 10.9. The predicted octanol–water partition coefficient (Wildman–Crippen LogP) is 2.41. The highest BCUT2D eigenvalue weighted by atomic mass is 32.1. The van der Waals surface area contributed by atoms with Gasteiger partial charge in [0.25, 0.3) is 0 Å². The molecule has 0 radical (unpaired) electrons. The number of aromatic nitrogens is 2. The zero-order valence-electron chi connectivity index (χ0n) is 8.82. The Morgan fingerprint density at radius 2 is 2.33 bits per heavy atom. The van der Waals surface area contributed by atoms with Crippen molar-refractivity contribution in [2.75, 3.05) is 6.61 Å². The fourth-order valence-corrected chi connectivity index (χ4v) is 2.20. The zero-order valence-corrected chi connectivity index (χ0v) is 9.64. The summed E-state index contributed by atoms with van der Waals surface area (Å²) >= 11 is 1.59. The van der Waals surface area contributed by atoms with Crippen LogP contribution in [-0.2, 0) is 5.41 Å². The molecule has 0 aromatic carbocycles. The number of aliphatic hydroxyl groups excluding tert-OH is 1.